The smallest absolute Gasteiger partial charge is 0.429 e. The molecule has 1 aromatic carbocycles. The number of carbonyl (C=O) groups is 3. The Morgan fingerprint density at radius 1 is 0.900 bits per heavy atom. The first-order valence-corrected chi connectivity index (χ1v) is 9.96. The van der Waals surface area contributed by atoms with Crippen LogP contribution in [0.1, 0.15) is 71.3 Å². The minimum Gasteiger partial charge on any atom is -0.442 e. The number of amides is 3. The van der Waals surface area contributed by atoms with Gasteiger partial charge in [-0.1, -0.05) is 12.1 Å². The van der Waals surface area contributed by atoms with Crippen molar-refractivity contribution in [2.75, 3.05) is 7.05 Å². The third kappa shape index (κ3) is 8.71. The fourth-order valence-electron chi connectivity index (χ4n) is 2.31. The van der Waals surface area contributed by atoms with Crippen LogP contribution in [0.15, 0.2) is 24.3 Å². The maximum Gasteiger partial charge on any atom is 0.429 e. The Morgan fingerprint density at radius 3 is 1.80 bits per heavy atom. The molecule has 1 N–H and O–H groups in total. The second-order valence-corrected chi connectivity index (χ2v) is 9.37. The Kier molecular flexibility index (Phi) is 8.27. The van der Waals surface area contributed by atoms with Crippen LogP contribution in [0.3, 0.4) is 0 Å². The van der Waals surface area contributed by atoms with Gasteiger partial charge in [0.25, 0.3) is 5.91 Å². The van der Waals surface area contributed by atoms with Gasteiger partial charge in [0, 0.05) is 18.7 Å². The van der Waals surface area contributed by atoms with Crippen LogP contribution < -0.4 is 5.32 Å². The van der Waals surface area contributed by atoms with E-state index in [1.165, 1.54) is 12.1 Å². The van der Waals surface area contributed by atoms with Gasteiger partial charge in [0.15, 0.2) is 0 Å². The molecule has 3 amide bonds. The third-order valence-corrected chi connectivity index (χ3v) is 3.59. The number of hydrazine groups is 1. The highest BCUT2D eigenvalue weighted by molar-refractivity contribution is 5.94. The molecule has 0 radical (unpaired) electrons. The minimum atomic E-state index is -0.733. The molecule has 1 rings (SSSR count). The van der Waals surface area contributed by atoms with Gasteiger partial charge in [-0.15, -0.1) is 0 Å². The first-order valence-electron chi connectivity index (χ1n) is 9.96. The normalized spacial score (nSPS) is 11.7. The fourth-order valence-corrected chi connectivity index (χ4v) is 2.31. The van der Waals surface area contributed by atoms with Crippen LogP contribution in [0.25, 0.3) is 0 Å². The van der Waals surface area contributed by atoms with Crippen molar-refractivity contribution in [3.63, 3.8) is 0 Å². The van der Waals surface area contributed by atoms with Crippen LogP contribution in [0, 0.1) is 0 Å². The number of carbonyl (C=O) groups excluding carboxylic acids is 3. The molecular formula is C22H35N3O5. The van der Waals surface area contributed by atoms with Gasteiger partial charge in [0.2, 0.25) is 0 Å². The van der Waals surface area contributed by atoms with Crippen molar-refractivity contribution in [1.29, 1.82) is 0 Å². The van der Waals surface area contributed by atoms with Gasteiger partial charge in [-0.3, -0.25) is 4.79 Å². The molecule has 8 nitrogen and oxygen atoms in total. The number of benzene rings is 1. The van der Waals surface area contributed by atoms with Crippen LogP contribution in [-0.4, -0.2) is 52.4 Å². The van der Waals surface area contributed by atoms with Gasteiger partial charge in [-0.25, -0.2) is 19.6 Å². The van der Waals surface area contributed by atoms with E-state index in [0.717, 1.165) is 10.6 Å². The monoisotopic (exact) mass is 421 g/mol. The summed E-state index contributed by atoms with van der Waals surface area (Å²) in [6.45, 7) is 14.3. The van der Waals surface area contributed by atoms with Gasteiger partial charge in [0.1, 0.15) is 11.2 Å². The number of ether oxygens (including phenoxy) is 2. The van der Waals surface area contributed by atoms with Gasteiger partial charge in [-0.2, -0.15) is 0 Å². The lowest BCUT2D eigenvalue weighted by Crippen LogP contribution is -2.50. The molecule has 0 atom stereocenters. The summed E-state index contributed by atoms with van der Waals surface area (Å²) in [6, 6.07) is 6.84. The van der Waals surface area contributed by atoms with Gasteiger partial charge in [-0.05, 0) is 73.1 Å². The van der Waals surface area contributed by atoms with Crippen molar-refractivity contribution >= 4 is 18.1 Å². The van der Waals surface area contributed by atoms with E-state index in [1.807, 2.05) is 13.8 Å². The van der Waals surface area contributed by atoms with Crippen LogP contribution >= 0.6 is 0 Å². The molecule has 0 fully saturated rings. The minimum absolute atomic E-state index is 0.0299. The maximum absolute atomic E-state index is 12.8. The van der Waals surface area contributed by atoms with Crippen LogP contribution in [0.2, 0.25) is 0 Å². The van der Waals surface area contributed by atoms with Crippen molar-refractivity contribution in [1.82, 2.24) is 15.3 Å². The van der Waals surface area contributed by atoms with Crippen LogP contribution in [-0.2, 0) is 16.0 Å². The highest BCUT2D eigenvalue weighted by Crippen LogP contribution is 2.17. The summed E-state index contributed by atoms with van der Waals surface area (Å²) in [7, 11) is 1.45. The number of hydrogen-bond donors (Lipinski definition) is 1. The zero-order chi connectivity index (χ0) is 23.3. The van der Waals surface area contributed by atoms with E-state index >= 15 is 0 Å². The van der Waals surface area contributed by atoms with E-state index in [0.29, 0.717) is 5.56 Å². The molecule has 8 heteroatoms. The molecule has 0 aromatic heterocycles. The molecule has 0 saturated carbocycles. The van der Waals surface area contributed by atoms with E-state index in [2.05, 4.69) is 5.32 Å². The molecule has 0 saturated heterocycles. The zero-order valence-corrected chi connectivity index (χ0v) is 19.5. The lowest BCUT2D eigenvalue weighted by molar-refractivity contribution is -0.0560. The highest BCUT2D eigenvalue weighted by atomic mass is 16.6. The predicted octanol–water partition coefficient (Wildman–Crippen LogP) is 4.34. The molecule has 0 unspecified atom stereocenters. The summed E-state index contributed by atoms with van der Waals surface area (Å²) in [5, 5.41) is 5.09. The number of nitrogens with zero attached hydrogens (tertiary/aromatic N) is 2. The van der Waals surface area contributed by atoms with Gasteiger partial charge < -0.3 is 14.8 Å². The summed E-state index contributed by atoms with van der Waals surface area (Å²) < 4.78 is 10.8. The second-order valence-electron chi connectivity index (χ2n) is 9.37. The lowest BCUT2D eigenvalue weighted by atomic mass is 10.1. The average Bonchev–Trinajstić information content (AvgIpc) is 2.55. The Morgan fingerprint density at radius 2 is 1.37 bits per heavy atom. The lowest BCUT2D eigenvalue weighted by Gasteiger charge is -2.34. The van der Waals surface area contributed by atoms with E-state index < -0.39 is 23.4 Å². The molecule has 0 aliphatic rings. The van der Waals surface area contributed by atoms with Crippen molar-refractivity contribution < 1.29 is 23.9 Å². The quantitative estimate of drug-likeness (QED) is 0.731. The Hall–Kier alpha value is -2.77. The molecule has 0 aliphatic heterocycles. The third-order valence-electron chi connectivity index (χ3n) is 3.59. The molecule has 0 heterocycles. The molecule has 0 bridgehead atoms. The maximum atomic E-state index is 12.8. The molecule has 30 heavy (non-hydrogen) atoms. The topological polar surface area (TPSA) is 88.2 Å². The average molecular weight is 422 g/mol. The summed E-state index contributed by atoms with van der Waals surface area (Å²) in [5.41, 5.74) is -0.214. The zero-order valence-electron chi connectivity index (χ0n) is 19.5. The summed E-state index contributed by atoms with van der Waals surface area (Å²) in [4.78, 5) is 37.4. The van der Waals surface area contributed by atoms with Crippen molar-refractivity contribution in [2.45, 2.75) is 79.2 Å². The molecule has 0 aliphatic carbocycles. The van der Waals surface area contributed by atoms with Gasteiger partial charge >= 0.3 is 12.2 Å². The van der Waals surface area contributed by atoms with E-state index in [-0.39, 0.29) is 18.5 Å². The molecule has 0 spiro atoms. The summed E-state index contributed by atoms with van der Waals surface area (Å²) >= 11 is 0. The van der Waals surface area contributed by atoms with Crippen LogP contribution in [0.5, 0.6) is 0 Å². The van der Waals surface area contributed by atoms with Crippen LogP contribution in [0.4, 0.5) is 9.59 Å². The Balaban J connectivity index is 3.06. The van der Waals surface area contributed by atoms with Crippen molar-refractivity contribution in [3.05, 3.63) is 35.4 Å². The Labute approximate surface area is 179 Å². The molecule has 168 valence electrons. The first-order chi connectivity index (χ1) is 13.6. The number of hydrogen-bond acceptors (Lipinski definition) is 5. The first kappa shape index (κ1) is 25.3. The predicted molar refractivity (Wildman–Crippen MR) is 115 cm³/mol. The standard InChI is InChI=1S/C22H35N3O5/c1-15(2)23-18(26)17-12-10-16(11-13-17)14-25(20(28)30-22(6,7)8)24(9)19(27)29-21(3,4)5/h10-13,15H,14H2,1-9H3,(H,23,26). The largest absolute Gasteiger partial charge is 0.442 e. The Bertz CT molecular complexity index is 746. The fraction of sp³-hybridized carbons (Fsp3) is 0.591. The number of rotatable bonds is 4. The second kappa shape index (κ2) is 9.82. The van der Waals surface area contributed by atoms with E-state index in [4.69, 9.17) is 9.47 Å². The summed E-state index contributed by atoms with van der Waals surface area (Å²) in [5.74, 6) is -0.175. The SMILES string of the molecule is CC(C)NC(=O)c1ccc(CN(C(=O)OC(C)(C)C)N(C)C(=O)OC(C)(C)C)cc1. The highest BCUT2D eigenvalue weighted by Gasteiger charge is 2.30. The van der Waals surface area contributed by atoms with Crippen molar-refractivity contribution in [2.24, 2.45) is 0 Å². The summed E-state index contributed by atoms with van der Waals surface area (Å²) in [6.07, 6.45) is -1.36. The van der Waals surface area contributed by atoms with Gasteiger partial charge in [0.05, 0.1) is 6.54 Å². The number of nitrogens with one attached hydrogen (secondary N) is 1. The van der Waals surface area contributed by atoms with E-state index in [1.54, 1.807) is 65.8 Å². The molecular weight excluding hydrogens is 386 g/mol. The van der Waals surface area contributed by atoms with E-state index in [9.17, 15) is 14.4 Å². The van der Waals surface area contributed by atoms with Crippen molar-refractivity contribution in [3.8, 4) is 0 Å². The molecule has 1 aromatic rings.